The molecule has 1 aliphatic heterocycles. The Morgan fingerprint density at radius 1 is 1.19 bits per heavy atom. The summed E-state index contributed by atoms with van der Waals surface area (Å²) in [6.45, 7) is 7.80. The molecule has 1 heterocycles. The van der Waals surface area contributed by atoms with Crippen LogP contribution in [0.3, 0.4) is 0 Å². The van der Waals surface area contributed by atoms with Gasteiger partial charge in [0.2, 0.25) is 0 Å². The van der Waals surface area contributed by atoms with Crippen LogP contribution >= 0.6 is 39.9 Å². The van der Waals surface area contributed by atoms with E-state index < -0.39 is 0 Å². The minimum absolute atomic E-state index is 0. The van der Waals surface area contributed by atoms with Crippen LogP contribution in [0.25, 0.3) is 0 Å². The number of guanidine groups is 1. The fourth-order valence-electron chi connectivity index (χ4n) is 3.15. The van der Waals surface area contributed by atoms with Crippen LogP contribution in [-0.4, -0.2) is 81.1 Å². The van der Waals surface area contributed by atoms with E-state index in [0.717, 1.165) is 36.5 Å². The van der Waals surface area contributed by atoms with Gasteiger partial charge in [0.1, 0.15) is 0 Å². The lowest BCUT2D eigenvalue weighted by molar-refractivity contribution is 0.273. The van der Waals surface area contributed by atoms with Crippen molar-refractivity contribution in [2.45, 2.75) is 19.4 Å². The second-order valence-electron chi connectivity index (χ2n) is 6.81. The van der Waals surface area contributed by atoms with E-state index in [1.165, 1.54) is 38.2 Å². The first-order chi connectivity index (χ1) is 12.1. The molecule has 0 bridgehead atoms. The molecule has 1 N–H and O–H groups in total. The molecule has 148 valence electrons. The summed E-state index contributed by atoms with van der Waals surface area (Å²) in [6, 6.07) is 8.45. The van der Waals surface area contributed by atoms with E-state index in [2.05, 4.69) is 79.3 Å². The van der Waals surface area contributed by atoms with Crippen molar-refractivity contribution >= 4 is 45.9 Å². The quantitative estimate of drug-likeness (QED) is 0.262. The zero-order valence-electron chi connectivity index (χ0n) is 16.2. The summed E-state index contributed by atoms with van der Waals surface area (Å²) < 4.78 is 1.11. The topological polar surface area (TPSA) is 34.1 Å². The lowest BCUT2D eigenvalue weighted by atomic mass is 10.2. The number of hydrogen-bond acceptors (Lipinski definition) is 3. The maximum Gasteiger partial charge on any atom is 0.193 e. The van der Waals surface area contributed by atoms with Crippen LogP contribution in [0.4, 0.5) is 0 Å². The van der Waals surface area contributed by atoms with Crippen molar-refractivity contribution in [3.63, 3.8) is 0 Å². The number of aliphatic imine (C=N–C) groups is 1. The molecular formula is C19H33BrIN5. The number of nitrogens with zero attached hydrogens (tertiary/aromatic N) is 4. The second kappa shape index (κ2) is 12.9. The lowest BCUT2D eigenvalue weighted by Crippen LogP contribution is -2.40. The molecule has 0 unspecified atom stereocenters. The van der Waals surface area contributed by atoms with Gasteiger partial charge in [0.15, 0.2) is 5.96 Å². The summed E-state index contributed by atoms with van der Waals surface area (Å²) in [5.41, 5.74) is 1.28. The van der Waals surface area contributed by atoms with Gasteiger partial charge in [-0.15, -0.1) is 24.0 Å². The van der Waals surface area contributed by atoms with Crippen LogP contribution in [-0.2, 0) is 6.54 Å². The van der Waals surface area contributed by atoms with Gasteiger partial charge < -0.3 is 20.0 Å². The second-order valence-corrected chi connectivity index (χ2v) is 7.72. The molecule has 1 aromatic rings. The van der Waals surface area contributed by atoms with Crippen molar-refractivity contribution in [3.05, 3.63) is 34.3 Å². The molecule has 1 saturated heterocycles. The molecule has 0 saturated carbocycles. The van der Waals surface area contributed by atoms with Gasteiger partial charge in [-0.1, -0.05) is 28.1 Å². The number of benzene rings is 1. The average Bonchev–Trinajstić information content (AvgIpc) is 2.81. The van der Waals surface area contributed by atoms with Gasteiger partial charge in [0.25, 0.3) is 0 Å². The summed E-state index contributed by atoms with van der Waals surface area (Å²) in [5, 5.41) is 3.49. The van der Waals surface area contributed by atoms with E-state index in [0.29, 0.717) is 0 Å². The first kappa shape index (κ1) is 23.7. The van der Waals surface area contributed by atoms with Crippen LogP contribution in [0.1, 0.15) is 18.4 Å². The fraction of sp³-hybridized carbons (Fsp3) is 0.632. The largest absolute Gasteiger partial charge is 0.356 e. The first-order valence-electron chi connectivity index (χ1n) is 9.15. The van der Waals surface area contributed by atoms with Gasteiger partial charge in [-0.25, -0.2) is 0 Å². The van der Waals surface area contributed by atoms with Crippen LogP contribution in [0.15, 0.2) is 33.7 Å². The van der Waals surface area contributed by atoms with Crippen molar-refractivity contribution in [2.24, 2.45) is 4.99 Å². The SMILES string of the molecule is CN=C(NCCCN1CCCN(C)CC1)N(C)Cc1ccc(Br)cc1.I. The predicted octanol–water partition coefficient (Wildman–Crippen LogP) is 3.10. The fourth-order valence-corrected chi connectivity index (χ4v) is 3.41. The van der Waals surface area contributed by atoms with Gasteiger partial charge in [-0.05, 0) is 57.2 Å². The monoisotopic (exact) mass is 537 g/mol. The number of nitrogens with one attached hydrogen (secondary N) is 1. The van der Waals surface area contributed by atoms with E-state index in [1.807, 2.05) is 7.05 Å². The highest BCUT2D eigenvalue weighted by Crippen LogP contribution is 2.11. The highest BCUT2D eigenvalue weighted by Gasteiger charge is 2.11. The summed E-state index contributed by atoms with van der Waals surface area (Å²) in [6.07, 6.45) is 2.43. The Morgan fingerprint density at radius 3 is 2.62 bits per heavy atom. The number of halogens is 2. The van der Waals surface area contributed by atoms with Gasteiger partial charge in [-0.3, -0.25) is 4.99 Å². The third-order valence-corrected chi connectivity index (χ3v) is 5.18. The molecule has 7 heteroatoms. The number of likely N-dealkylation sites (N-methyl/N-ethyl adjacent to an activating group) is 1. The average molecular weight is 538 g/mol. The maximum atomic E-state index is 4.41. The minimum Gasteiger partial charge on any atom is -0.356 e. The van der Waals surface area contributed by atoms with Crippen molar-refractivity contribution in [2.75, 3.05) is 60.4 Å². The molecule has 1 fully saturated rings. The Hall–Kier alpha value is -0.380. The van der Waals surface area contributed by atoms with E-state index in [1.54, 1.807) is 0 Å². The molecule has 0 radical (unpaired) electrons. The summed E-state index contributed by atoms with van der Waals surface area (Å²) in [4.78, 5) is 11.6. The van der Waals surface area contributed by atoms with Crippen LogP contribution in [0.2, 0.25) is 0 Å². The third kappa shape index (κ3) is 8.54. The molecule has 26 heavy (non-hydrogen) atoms. The van der Waals surface area contributed by atoms with E-state index >= 15 is 0 Å². The Balaban J connectivity index is 0.00000338. The van der Waals surface area contributed by atoms with Crippen molar-refractivity contribution in [3.8, 4) is 0 Å². The molecule has 0 amide bonds. The zero-order valence-corrected chi connectivity index (χ0v) is 20.2. The smallest absolute Gasteiger partial charge is 0.193 e. The summed E-state index contributed by atoms with van der Waals surface area (Å²) in [7, 11) is 6.16. The van der Waals surface area contributed by atoms with Gasteiger partial charge >= 0.3 is 0 Å². The van der Waals surface area contributed by atoms with Crippen molar-refractivity contribution < 1.29 is 0 Å². The van der Waals surface area contributed by atoms with Crippen molar-refractivity contribution in [1.29, 1.82) is 0 Å². The van der Waals surface area contributed by atoms with Gasteiger partial charge in [-0.2, -0.15) is 0 Å². The summed E-state index contributed by atoms with van der Waals surface area (Å²) in [5.74, 6) is 0.957. The minimum atomic E-state index is 0. The molecule has 2 rings (SSSR count). The van der Waals surface area contributed by atoms with Crippen LogP contribution in [0, 0.1) is 0 Å². The zero-order chi connectivity index (χ0) is 18.1. The highest BCUT2D eigenvalue weighted by molar-refractivity contribution is 14.0. The lowest BCUT2D eigenvalue weighted by Gasteiger charge is -2.23. The first-order valence-corrected chi connectivity index (χ1v) is 9.95. The molecule has 1 aromatic carbocycles. The van der Waals surface area contributed by atoms with Crippen LogP contribution in [0.5, 0.6) is 0 Å². The normalized spacial score (nSPS) is 16.7. The van der Waals surface area contributed by atoms with E-state index in [9.17, 15) is 0 Å². The molecule has 0 aliphatic carbocycles. The molecular weight excluding hydrogens is 505 g/mol. The maximum absolute atomic E-state index is 4.41. The highest BCUT2D eigenvalue weighted by atomic mass is 127. The van der Waals surface area contributed by atoms with E-state index in [-0.39, 0.29) is 24.0 Å². The van der Waals surface area contributed by atoms with E-state index in [4.69, 9.17) is 0 Å². The van der Waals surface area contributed by atoms with Gasteiger partial charge in [0.05, 0.1) is 0 Å². The predicted molar refractivity (Wildman–Crippen MR) is 126 cm³/mol. The Kier molecular flexibility index (Phi) is 11.7. The van der Waals surface area contributed by atoms with Crippen LogP contribution < -0.4 is 5.32 Å². The summed E-state index contributed by atoms with van der Waals surface area (Å²) >= 11 is 3.48. The van der Waals surface area contributed by atoms with Crippen molar-refractivity contribution in [1.82, 2.24) is 20.0 Å². The molecule has 0 atom stereocenters. The Bertz CT molecular complexity index is 537. The standard InChI is InChI=1S/C19H32BrN5.HI/c1-21-19(24(3)16-17-6-8-18(20)9-7-17)22-10-4-12-25-13-5-11-23(2)14-15-25;/h6-9H,4-5,10-16H2,1-3H3,(H,21,22);1H. The molecule has 0 aromatic heterocycles. The third-order valence-electron chi connectivity index (χ3n) is 4.65. The Labute approximate surface area is 184 Å². The molecule has 5 nitrogen and oxygen atoms in total. The molecule has 0 spiro atoms. The molecule has 1 aliphatic rings. The number of hydrogen-bond donors (Lipinski definition) is 1. The van der Waals surface area contributed by atoms with Gasteiger partial charge in [0, 0.05) is 44.7 Å². The number of rotatable bonds is 6. The Morgan fingerprint density at radius 2 is 1.92 bits per heavy atom.